The van der Waals surface area contributed by atoms with Gasteiger partial charge >= 0.3 is 0 Å². The quantitative estimate of drug-likeness (QED) is 0.858. The van der Waals surface area contributed by atoms with Crippen LogP contribution in [-0.4, -0.2) is 14.2 Å². The molecule has 0 saturated heterocycles. The summed E-state index contributed by atoms with van der Waals surface area (Å²) in [6.07, 6.45) is 0. The molecule has 0 amide bonds. The van der Waals surface area contributed by atoms with Crippen molar-refractivity contribution in [1.82, 2.24) is 0 Å². The van der Waals surface area contributed by atoms with Crippen LogP contribution in [0.25, 0.3) is 0 Å². The van der Waals surface area contributed by atoms with Crippen LogP contribution in [0.2, 0.25) is 0 Å². The van der Waals surface area contributed by atoms with Gasteiger partial charge in [0.1, 0.15) is 5.67 Å². The first-order valence-electron chi connectivity index (χ1n) is 5.08. The molecule has 0 heterocycles. The Morgan fingerprint density at radius 3 is 2.06 bits per heavy atom. The number of benzene rings is 1. The highest BCUT2D eigenvalue weighted by Crippen LogP contribution is 2.36. The Morgan fingerprint density at radius 2 is 1.69 bits per heavy atom. The van der Waals surface area contributed by atoms with Crippen LogP contribution in [0.5, 0.6) is 11.5 Å². The van der Waals surface area contributed by atoms with Crippen molar-refractivity contribution in [3.63, 3.8) is 0 Å². The third kappa shape index (κ3) is 2.44. The molecule has 1 rings (SSSR count). The van der Waals surface area contributed by atoms with Crippen LogP contribution in [0, 0.1) is 0 Å². The Balaban J connectivity index is 3.38. The van der Waals surface area contributed by atoms with E-state index in [2.05, 4.69) is 0 Å². The van der Waals surface area contributed by atoms with Gasteiger partial charge in [-0.2, -0.15) is 0 Å². The van der Waals surface area contributed by atoms with E-state index >= 15 is 0 Å². The van der Waals surface area contributed by atoms with Crippen molar-refractivity contribution in [2.45, 2.75) is 26.1 Å². The molecule has 1 aromatic rings. The summed E-state index contributed by atoms with van der Waals surface area (Å²) in [5.74, 6) is 1.08. The van der Waals surface area contributed by atoms with Crippen LogP contribution < -0.4 is 15.2 Å². The molecule has 0 fully saturated rings. The Kier molecular flexibility index (Phi) is 3.75. The Bertz CT molecular complexity index is 372. The molecular formula is C12H18FNO2. The van der Waals surface area contributed by atoms with E-state index in [4.69, 9.17) is 15.2 Å². The van der Waals surface area contributed by atoms with Gasteiger partial charge in [0.25, 0.3) is 0 Å². The summed E-state index contributed by atoms with van der Waals surface area (Å²) in [6.45, 7) is 3.25. The normalized spacial score (nSPS) is 11.4. The zero-order valence-electron chi connectivity index (χ0n) is 10.1. The average Bonchev–Trinajstić information content (AvgIpc) is 2.25. The summed E-state index contributed by atoms with van der Waals surface area (Å²) in [7, 11) is 3.06. The Morgan fingerprint density at radius 1 is 1.19 bits per heavy atom. The highest BCUT2D eigenvalue weighted by atomic mass is 19.1. The van der Waals surface area contributed by atoms with Crippen molar-refractivity contribution in [3.8, 4) is 11.5 Å². The second-order valence-corrected chi connectivity index (χ2v) is 4.04. The molecule has 0 radical (unpaired) electrons. The number of methoxy groups -OCH3 is 2. The first kappa shape index (κ1) is 12.8. The van der Waals surface area contributed by atoms with E-state index in [1.54, 1.807) is 19.2 Å². The Labute approximate surface area is 95.4 Å². The van der Waals surface area contributed by atoms with Crippen LogP contribution in [0.4, 0.5) is 4.39 Å². The lowest BCUT2D eigenvalue weighted by Crippen LogP contribution is -2.15. The van der Waals surface area contributed by atoms with E-state index in [1.165, 1.54) is 21.0 Å². The van der Waals surface area contributed by atoms with Crippen molar-refractivity contribution < 1.29 is 13.9 Å². The zero-order valence-corrected chi connectivity index (χ0v) is 10.1. The molecule has 4 heteroatoms. The smallest absolute Gasteiger partial charge is 0.161 e. The fourth-order valence-electron chi connectivity index (χ4n) is 1.64. The van der Waals surface area contributed by atoms with Gasteiger partial charge in [-0.15, -0.1) is 0 Å². The number of halogens is 1. The predicted molar refractivity (Wildman–Crippen MR) is 61.6 cm³/mol. The molecule has 1 aromatic carbocycles. The molecule has 0 aliphatic rings. The predicted octanol–water partition coefficient (Wildman–Crippen LogP) is 2.37. The van der Waals surface area contributed by atoms with Crippen LogP contribution in [0.3, 0.4) is 0 Å². The molecule has 0 aliphatic carbocycles. The number of nitrogens with two attached hydrogens (primary N) is 1. The topological polar surface area (TPSA) is 44.5 Å². The van der Waals surface area contributed by atoms with Gasteiger partial charge in [-0.05, 0) is 37.1 Å². The van der Waals surface area contributed by atoms with Gasteiger partial charge < -0.3 is 15.2 Å². The molecule has 0 spiro atoms. The number of hydrogen-bond acceptors (Lipinski definition) is 3. The molecule has 2 N–H and O–H groups in total. The summed E-state index contributed by atoms with van der Waals surface area (Å²) in [4.78, 5) is 0. The van der Waals surface area contributed by atoms with Crippen LogP contribution in [0.15, 0.2) is 12.1 Å². The summed E-state index contributed by atoms with van der Waals surface area (Å²) < 4.78 is 24.3. The van der Waals surface area contributed by atoms with E-state index in [-0.39, 0.29) is 6.54 Å². The van der Waals surface area contributed by atoms with Crippen LogP contribution in [-0.2, 0) is 12.2 Å². The Hall–Kier alpha value is -1.29. The van der Waals surface area contributed by atoms with E-state index in [9.17, 15) is 4.39 Å². The molecule has 0 bridgehead atoms. The first-order chi connectivity index (χ1) is 7.43. The molecule has 0 atom stereocenters. The van der Waals surface area contributed by atoms with Gasteiger partial charge in [0, 0.05) is 6.54 Å². The van der Waals surface area contributed by atoms with Gasteiger partial charge in [-0.3, -0.25) is 0 Å². The standard InChI is InChI=1S/C12H18FNO2/c1-12(2,13)9-6-11(16-4)10(15-3)5-8(9)7-14/h5-6H,7,14H2,1-4H3. The second kappa shape index (κ2) is 4.70. The fraction of sp³-hybridized carbons (Fsp3) is 0.500. The third-order valence-electron chi connectivity index (χ3n) is 2.47. The van der Waals surface area contributed by atoms with Gasteiger partial charge in [-0.25, -0.2) is 4.39 Å². The molecule has 0 saturated carbocycles. The lowest BCUT2D eigenvalue weighted by atomic mass is 9.94. The zero-order chi connectivity index (χ0) is 12.3. The number of ether oxygens (including phenoxy) is 2. The largest absolute Gasteiger partial charge is 0.493 e. The minimum Gasteiger partial charge on any atom is -0.493 e. The fourth-order valence-corrected chi connectivity index (χ4v) is 1.64. The lowest BCUT2D eigenvalue weighted by molar-refractivity contribution is 0.218. The van der Waals surface area contributed by atoms with E-state index in [0.29, 0.717) is 17.1 Å². The average molecular weight is 227 g/mol. The van der Waals surface area contributed by atoms with Gasteiger partial charge in [0.2, 0.25) is 0 Å². The number of rotatable bonds is 4. The van der Waals surface area contributed by atoms with E-state index in [1.807, 2.05) is 0 Å². The van der Waals surface area contributed by atoms with Crippen molar-refractivity contribution in [2.75, 3.05) is 14.2 Å². The van der Waals surface area contributed by atoms with Gasteiger partial charge in [0.05, 0.1) is 14.2 Å². The molecular weight excluding hydrogens is 209 g/mol. The SMILES string of the molecule is COc1cc(CN)c(C(C)(C)F)cc1OC. The van der Waals surface area contributed by atoms with Crippen molar-refractivity contribution in [2.24, 2.45) is 5.73 Å². The summed E-state index contributed by atoms with van der Waals surface area (Å²) in [5.41, 5.74) is 5.41. The number of hydrogen-bond donors (Lipinski definition) is 1. The maximum Gasteiger partial charge on any atom is 0.161 e. The highest BCUT2D eigenvalue weighted by molar-refractivity contribution is 5.49. The van der Waals surface area contributed by atoms with Gasteiger partial charge in [-0.1, -0.05) is 0 Å². The van der Waals surface area contributed by atoms with E-state index in [0.717, 1.165) is 5.56 Å². The van der Waals surface area contributed by atoms with Crippen molar-refractivity contribution in [3.05, 3.63) is 23.3 Å². The monoisotopic (exact) mass is 227 g/mol. The molecule has 3 nitrogen and oxygen atoms in total. The minimum absolute atomic E-state index is 0.267. The summed E-state index contributed by atoms with van der Waals surface area (Å²) in [6, 6.07) is 3.36. The highest BCUT2D eigenvalue weighted by Gasteiger charge is 2.24. The molecule has 0 aromatic heterocycles. The van der Waals surface area contributed by atoms with Crippen molar-refractivity contribution in [1.29, 1.82) is 0 Å². The van der Waals surface area contributed by atoms with Crippen molar-refractivity contribution >= 4 is 0 Å². The lowest BCUT2D eigenvalue weighted by Gasteiger charge is -2.21. The van der Waals surface area contributed by atoms with E-state index < -0.39 is 5.67 Å². The molecule has 0 aliphatic heterocycles. The molecule has 0 unspecified atom stereocenters. The van der Waals surface area contributed by atoms with Gasteiger partial charge in [0.15, 0.2) is 11.5 Å². The summed E-state index contributed by atoms with van der Waals surface area (Å²) in [5, 5.41) is 0. The second-order valence-electron chi connectivity index (χ2n) is 4.04. The maximum atomic E-state index is 14.0. The molecule has 16 heavy (non-hydrogen) atoms. The van der Waals surface area contributed by atoms with Crippen LogP contribution in [0.1, 0.15) is 25.0 Å². The van der Waals surface area contributed by atoms with Crippen LogP contribution >= 0.6 is 0 Å². The summed E-state index contributed by atoms with van der Waals surface area (Å²) >= 11 is 0. The maximum absolute atomic E-state index is 14.0. The third-order valence-corrected chi connectivity index (χ3v) is 2.47. The first-order valence-corrected chi connectivity index (χ1v) is 5.08. The number of alkyl halides is 1. The minimum atomic E-state index is -1.45. The molecule has 90 valence electrons.